The average Bonchev–Trinajstić information content (AvgIpc) is 3.52. The van der Waals surface area contributed by atoms with Gasteiger partial charge >= 0.3 is 0 Å². The molecule has 2 aliphatic heterocycles. The highest BCUT2D eigenvalue weighted by Gasteiger charge is 2.36. The number of hydrazone groups is 1. The molecule has 0 fully saturated rings. The average molecular weight is 489 g/mol. The van der Waals surface area contributed by atoms with Crippen LogP contribution in [0.2, 0.25) is 0 Å². The van der Waals surface area contributed by atoms with Crippen LogP contribution >= 0.6 is 23.1 Å². The Kier molecular flexibility index (Phi) is 6.29. The molecule has 34 heavy (non-hydrogen) atoms. The molecule has 0 atom stereocenters. The Morgan fingerprint density at radius 3 is 2.59 bits per heavy atom. The minimum atomic E-state index is -0.444. The van der Waals surface area contributed by atoms with Gasteiger partial charge < -0.3 is 9.47 Å². The molecule has 3 heterocycles. The molecule has 1 amide bonds. The van der Waals surface area contributed by atoms with Gasteiger partial charge in [0.15, 0.2) is 5.84 Å². The van der Waals surface area contributed by atoms with E-state index in [0.29, 0.717) is 24.1 Å². The van der Waals surface area contributed by atoms with Crippen molar-refractivity contribution in [1.29, 1.82) is 5.41 Å². The molecule has 0 aliphatic carbocycles. The smallest absolute Gasteiger partial charge is 0.283 e. The fourth-order valence-corrected chi connectivity index (χ4v) is 5.03. The van der Waals surface area contributed by atoms with Crippen molar-refractivity contribution in [3.8, 4) is 11.5 Å². The highest BCUT2D eigenvalue weighted by Crippen LogP contribution is 2.32. The number of rotatable bonds is 7. The van der Waals surface area contributed by atoms with Gasteiger partial charge in [-0.3, -0.25) is 10.2 Å². The SMILES string of the molecule is Cc1ccccc1OCCOc1ccc(C=C2C(=N)N3N=C(c4cccs4)SC3=NC2=O)cc1. The number of amidine groups is 2. The van der Waals surface area contributed by atoms with Gasteiger partial charge in [0.2, 0.25) is 5.17 Å². The normalized spacial score (nSPS) is 16.4. The maximum Gasteiger partial charge on any atom is 0.283 e. The van der Waals surface area contributed by atoms with E-state index in [1.54, 1.807) is 17.4 Å². The van der Waals surface area contributed by atoms with E-state index in [9.17, 15) is 4.79 Å². The summed E-state index contributed by atoms with van der Waals surface area (Å²) < 4.78 is 11.5. The molecule has 0 bridgehead atoms. The van der Waals surface area contributed by atoms with E-state index in [1.165, 1.54) is 16.8 Å². The van der Waals surface area contributed by atoms with Crippen molar-refractivity contribution >= 4 is 51.1 Å². The summed E-state index contributed by atoms with van der Waals surface area (Å²) in [6, 6.07) is 19.1. The highest BCUT2D eigenvalue weighted by atomic mass is 32.2. The lowest BCUT2D eigenvalue weighted by atomic mass is 10.1. The van der Waals surface area contributed by atoms with E-state index < -0.39 is 5.91 Å². The number of hydrogen-bond acceptors (Lipinski definition) is 7. The van der Waals surface area contributed by atoms with Crippen molar-refractivity contribution in [3.63, 3.8) is 0 Å². The lowest BCUT2D eigenvalue weighted by molar-refractivity contribution is -0.114. The van der Waals surface area contributed by atoms with Crippen LogP contribution in [0.4, 0.5) is 0 Å². The zero-order chi connectivity index (χ0) is 23.5. The maximum absolute atomic E-state index is 12.6. The number of benzene rings is 2. The van der Waals surface area contributed by atoms with Crippen LogP contribution in [-0.2, 0) is 4.79 Å². The van der Waals surface area contributed by atoms with Crippen molar-refractivity contribution in [2.24, 2.45) is 10.1 Å². The third kappa shape index (κ3) is 4.66. The summed E-state index contributed by atoms with van der Waals surface area (Å²) >= 11 is 2.86. The van der Waals surface area contributed by atoms with Gasteiger partial charge in [-0.05, 0) is 65.5 Å². The molecule has 0 radical (unpaired) electrons. The van der Waals surface area contributed by atoms with Crippen molar-refractivity contribution in [1.82, 2.24) is 5.01 Å². The van der Waals surface area contributed by atoms with Crippen LogP contribution in [0, 0.1) is 12.3 Å². The Morgan fingerprint density at radius 1 is 1.03 bits per heavy atom. The number of nitrogens with zero attached hydrogens (tertiary/aromatic N) is 3. The molecule has 0 saturated carbocycles. The van der Waals surface area contributed by atoms with Crippen molar-refractivity contribution in [3.05, 3.63) is 87.6 Å². The largest absolute Gasteiger partial charge is 0.490 e. The fraction of sp³-hybridized carbons (Fsp3) is 0.120. The molecule has 1 N–H and O–H groups in total. The lowest BCUT2D eigenvalue weighted by Gasteiger charge is -2.20. The number of thiophene rings is 1. The summed E-state index contributed by atoms with van der Waals surface area (Å²) in [6.07, 6.45) is 1.65. The van der Waals surface area contributed by atoms with Gasteiger partial charge in [-0.2, -0.15) is 15.1 Å². The molecule has 0 spiro atoms. The molecule has 7 nitrogen and oxygen atoms in total. The Balaban J connectivity index is 1.22. The molecule has 0 unspecified atom stereocenters. The lowest BCUT2D eigenvalue weighted by Crippen LogP contribution is -2.35. The quantitative estimate of drug-likeness (QED) is 0.366. The van der Waals surface area contributed by atoms with Gasteiger partial charge in [0, 0.05) is 0 Å². The van der Waals surface area contributed by atoms with E-state index in [0.717, 1.165) is 26.8 Å². The number of fused-ring (bicyclic) bond motifs is 1. The van der Waals surface area contributed by atoms with Gasteiger partial charge in [0.05, 0.1) is 10.5 Å². The number of para-hydroxylation sites is 1. The molecule has 5 rings (SSSR count). The summed E-state index contributed by atoms with van der Waals surface area (Å²) in [4.78, 5) is 17.7. The van der Waals surface area contributed by atoms with Gasteiger partial charge in [-0.25, -0.2) is 0 Å². The number of carbonyl (C=O) groups is 1. The number of nitrogens with one attached hydrogen (secondary N) is 1. The van der Waals surface area contributed by atoms with E-state index >= 15 is 0 Å². The highest BCUT2D eigenvalue weighted by molar-refractivity contribution is 8.27. The Hall–Kier alpha value is -3.69. The summed E-state index contributed by atoms with van der Waals surface area (Å²) in [6.45, 7) is 2.85. The Bertz CT molecular complexity index is 1330. The zero-order valence-corrected chi connectivity index (χ0v) is 19.9. The number of aryl methyl sites for hydroxylation is 1. The predicted molar refractivity (Wildman–Crippen MR) is 137 cm³/mol. The molecule has 2 aromatic carbocycles. The van der Waals surface area contributed by atoms with Crippen molar-refractivity contribution in [2.45, 2.75) is 6.92 Å². The third-order valence-corrected chi connectivity index (χ3v) is 7.03. The second-order valence-electron chi connectivity index (χ2n) is 7.43. The predicted octanol–water partition coefficient (Wildman–Crippen LogP) is 5.18. The van der Waals surface area contributed by atoms with Crippen LogP contribution in [0.25, 0.3) is 6.08 Å². The number of ether oxygens (including phenoxy) is 2. The van der Waals surface area contributed by atoms with Crippen LogP contribution < -0.4 is 9.47 Å². The van der Waals surface area contributed by atoms with Gasteiger partial charge in [0.25, 0.3) is 5.91 Å². The van der Waals surface area contributed by atoms with Crippen LogP contribution in [0.1, 0.15) is 16.0 Å². The number of hydrogen-bond donors (Lipinski definition) is 1. The molecular formula is C25H20N4O3S2. The standard InChI is InChI=1S/C25H20N4O3S2/c1-16-5-2-3-6-20(16)32-13-12-31-18-10-8-17(9-11-18)15-19-22(26)29-25(27-23(19)30)34-24(28-29)21-7-4-14-33-21/h2-11,14-15,26H,12-13H2,1H3. The first-order valence-electron chi connectivity index (χ1n) is 10.5. The minimum Gasteiger partial charge on any atom is -0.490 e. The summed E-state index contributed by atoms with van der Waals surface area (Å²) in [5.74, 6) is 1.12. The Morgan fingerprint density at radius 2 is 1.82 bits per heavy atom. The van der Waals surface area contributed by atoms with Crippen LogP contribution in [-0.4, -0.2) is 40.2 Å². The molecule has 9 heteroatoms. The first-order chi connectivity index (χ1) is 16.6. The molecule has 2 aliphatic rings. The second kappa shape index (κ2) is 9.66. The van der Waals surface area contributed by atoms with Gasteiger partial charge in [0.1, 0.15) is 29.8 Å². The number of aliphatic imine (C=N–C) groups is 1. The first-order valence-corrected chi connectivity index (χ1v) is 12.2. The molecule has 0 saturated heterocycles. The Labute approximate surface area is 204 Å². The number of thioether (sulfide) groups is 1. The zero-order valence-electron chi connectivity index (χ0n) is 18.2. The van der Waals surface area contributed by atoms with Crippen molar-refractivity contribution in [2.75, 3.05) is 13.2 Å². The fourth-order valence-electron chi connectivity index (χ4n) is 3.35. The second-order valence-corrected chi connectivity index (χ2v) is 9.34. The maximum atomic E-state index is 12.6. The van der Waals surface area contributed by atoms with E-state index in [-0.39, 0.29) is 11.4 Å². The third-order valence-electron chi connectivity index (χ3n) is 5.08. The summed E-state index contributed by atoms with van der Waals surface area (Å²) in [5, 5.41) is 17.5. The van der Waals surface area contributed by atoms with Gasteiger partial charge in [-0.15, -0.1) is 11.3 Å². The van der Waals surface area contributed by atoms with Crippen molar-refractivity contribution < 1.29 is 14.3 Å². The van der Waals surface area contributed by atoms with Crippen LogP contribution in [0.5, 0.6) is 11.5 Å². The van der Waals surface area contributed by atoms with E-state index in [4.69, 9.17) is 14.9 Å². The van der Waals surface area contributed by atoms with E-state index in [2.05, 4.69) is 10.1 Å². The summed E-state index contributed by atoms with van der Waals surface area (Å²) in [5.41, 5.74) is 2.05. The monoisotopic (exact) mass is 488 g/mol. The summed E-state index contributed by atoms with van der Waals surface area (Å²) in [7, 11) is 0. The van der Waals surface area contributed by atoms with Crippen LogP contribution in [0.3, 0.4) is 0 Å². The molecule has 1 aromatic heterocycles. The number of amides is 1. The molecular weight excluding hydrogens is 468 g/mol. The topological polar surface area (TPSA) is 87.3 Å². The van der Waals surface area contributed by atoms with E-state index in [1.807, 2.05) is 73.0 Å². The van der Waals surface area contributed by atoms with Crippen LogP contribution in [0.15, 0.2) is 81.7 Å². The first kappa shape index (κ1) is 22.1. The number of carbonyl (C=O) groups excluding carboxylic acids is 1. The molecule has 3 aromatic rings. The minimum absolute atomic E-state index is 0.0164. The molecule has 170 valence electrons. The van der Waals surface area contributed by atoms with Gasteiger partial charge in [-0.1, -0.05) is 36.4 Å².